The monoisotopic (exact) mass is 202 g/mol. The van der Waals surface area contributed by atoms with Crippen LogP contribution < -0.4 is 11.1 Å². The predicted octanol–water partition coefficient (Wildman–Crippen LogP) is -0.208. The van der Waals surface area contributed by atoms with Crippen molar-refractivity contribution < 1.29 is 14.3 Å². The molecule has 82 valence electrons. The Balaban J connectivity index is 3.86. The van der Waals surface area contributed by atoms with E-state index in [-0.39, 0.29) is 24.3 Å². The third-order valence-corrected chi connectivity index (χ3v) is 1.68. The molecule has 0 aliphatic rings. The number of carbonyl (C=O) groups is 2. The minimum Gasteiger partial charge on any atom is -0.465 e. The number of rotatable bonds is 6. The summed E-state index contributed by atoms with van der Waals surface area (Å²) in [5.41, 5.74) is 5.01. The van der Waals surface area contributed by atoms with E-state index < -0.39 is 6.04 Å². The zero-order valence-electron chi connectivity index (χ0n) is 8.87. The molecule has 0 heterocycles. The quantitative estimate of drug-likeness (QED) is 0.584. The number of nitrogens with two attached hydrogens (primary N) is 1. The van der Waals surface area contributed by atoms with Crippen LogP contribution in [0.15, 0.2) is 0 Å². The van der Waals surface area contributed by atoms with Crippen LogP contribution in [0.5, 0.6) is 0 Å². The summed E-state index contributed by atoms with van der Waals surface area (Å²) in [6.45, 7) is 5.59. The van der Waals surface area contributed by atoms with Crippen molar-refractivity contribution in [3.05, 3.63) is 0 Å². The maximum absolute atomic E-state index is 11.2. The number of hydrogen-bond acceptors (Lipinski definition) is 4. The van der Waals surface area contributed by atoms with E-state index in [0.29, 0.717) is 6.61 Å². The first kappa shape index (κ1) is 12.9. The van der Waals surface area contributed by atoms with Crippen LogP contribution in [0.4, 0.5) is 0 Å². The first-order valence-electron chi connectivity index (χ1n) is 4.68. The lowest BCUT2D eigenvalue weighted by molar-refractivity contribution is -0.145. The van der Waals surface area contributed by atoms with Gasteiger partial charge in [-0.05, 0) is 20.8 Å². The Hall–Kier alpha value is -1.10. The van der Waals surface area contributed by atoms with Crippen molar-refractivity contribution >= 4 is 11.9 Å². The third kappa shape index (κ3) is 5.53. The van der Waals surface area contributed by atoms with Crippen LogP contribution in [0.25, 0.3) is 0 Å². The van der Waals surface area contributed by atoms with E-state index in [2.05, 4.69) is 5.32 Å². The van der Waals surface area contributed by atoms with Gasteiger partial charge in [0.15, 0.2) is 0 Å². The largest absolute Gasteiger partial charge is 0.465 e. The molecule has 0 fully saturated rings. The van der Waals surface area contributed by atoms with Crippen molar-refractivity contribution in [1.29, 1.82) is 0 Å². The highest BCUT2D eigenvalue weighted by Crippen LogP contribution is 1.94. The molecule has 1 amide bonds. The number of ether oxygens (including phenoxy) is 1. The molecule has 0 spiro atoms. The number of amides is 1. The molecule has 2 atom stereocenters. The molecular formula is C9H18N2O3. The topological polar surface area (TPSA) is 81.4 Å². The SMILES string of the molecule is CCOC(=O)C(C)NC(C)CC(N)=O. The molecule has 0 aromatic heterocycles. The highest BCUT2D eigenvalue weighted by molar-refractivity contribution is 5.76. The van der Waals surface area contributed by atoms with Crippen LogP contribution in [0.1, 0.15) is 27.2 Å². The molecule has 0 bridgehead atoms. The molecule has 0 aliphatic carbocycles. The van der Waals surface area contributed by atoms with Crippen LogP contribution in [0.2, 0.25) is 0 Å². The Morgan fingerprint density at radius 2 is 2.00 bits per heavy atom. The molecule has 0 rings (SSSR count). The van der Waals surface area contributed by atoms with Crippen LogP contribution in [0, 0.1) is 0 Å². The fourth-order valence-corrected chi connectivity index (χ4v) is 1.12. The van der Waals surface area contributed by atoms with Crippen LogP contribution >= 0.6 is 0 Å². The van der Waals surface area contributed by atoms with E-state index in [1.165, 1.54) is 0 Å². The van der Waals surface area contributed by atoms with Gasteiger partial charge in [0.25, 0.3) is 0 Å². The van der Waals surface area contributed by atoms with E-state index in [0.717, 1.165) is 0 Å². The number of nitrogens with one attached hydrogen (secondary N) is 1. The summed E-state index contributed by atoms with van der Waals surface area (Å²) >= 11 is 0. The number of hydrogen-bond donors (Lipinski definition) is 2. The number of carbonyl (C=O) groups excluding carboxylic acids is 2. The molecule has 14 heavy (non-hydrogen) atoms. The molecule has 0 saturated heterocycles. The third-order valence-electron chi connectivity index (χ3n) is 1.68. The second-order valence-electron chi connectivity index (χ2n) is 3.21. The van der Waals surface area contributed by atoms with Crippen molar-refractivity contribution in [2.45, 2.75) is 39.3 Å². The normalized spacial score (nSPS) is 14.5. The Kier molecular flexibility index (Phi) is 5.87. The first-order chi connectivity index (χ1) is 6.47. The second kappa shape index (κ2) is 6.37. The van der Waals surface area contributed by atoms with Gasteiger partial charge in [0, 0.05) is 12.5 Å². The summed E-state index contributed by atoms with van der Waals surface area (Å²) in [5.74, 6) is -0.704. The predicted molar refractivity (Wildman–Crippen MR) is 52.5 cm³/mol. The zero-order chi connectivity index (χ0) is 11.1. The van der Waals surface area contributed by atoms with Gasteiger partial charge < -0.3 is 15.8 Å². The van der Waals surface area contributed by atoms with Crippen molar-refractivity contribution in [2.24, 2.45) is 5.73 Å². The van der Waals surface area contributed by atoms with E-state index in [9.17, 15) is 9.59 Å². The average Bonchev–Trinajstić information content (AvgIpc) is 2.02. The molecule has 2 unspecified atom stereocenters. The molecule has 5 heteroatoms. The molecule has 0 aromatic rings. The standard InChI is InChI=1S/C9H18N2O3/c1-4-14-9(13)7(3)11-6(2)5-8(10)12/h6-7,11H,4-5H2,1-3H3,(H2,10,12). The van der Waals surface area contributed by atoms with Crippen LogP contribution in [-0.4, -0.2) is 30.6 Å². The number of esters is 1. The highest BCUT2D eigenvalue weighted by atomic mass is 16.5. The maximum Gasteiger partial charge on any atom is 0.322 e. The minimum atomic E-state index is -0.413. The van der Waals surface area contributed by atoms with Gasteiger partial charge >= 0.3 is 5.97 Å². The Bertz CT molecular complexity index is 206. The zero-order valence-corrected chi connectivity index (χ0v) is 8.87. The Morgan fingerprint density at radius 1 is 1.43 bits per heavy atom. The van der Waals surface area contributed by atoms with Crippen molar-refractivity contribution in [2.75, 3.05) is 6.61 Å². The van der Waals surface area contributed by atoms with Gasteiger partial charge in [-0.25, -0.2) is 0 Å². The van der Waals surface area contributed by atoms with Crippen molar-refractivity contribution in [3.8, 4) is 0 Å². The summed E-state index contributed by atoms with van der Waals surface area (Å²) in [7, 11) is 0. The summed E-state index contributed by atoms with van der Waals surface area (Å²) in [5, 5.41) is 2.92. The lowest BCUT2D eigenvalue weighted by Crippen LogP contribution is -2.42. The van der Waals surface area contributed by atoms with Gasteiger partial charge in [-0.1, -0.05) is 0 Å². The smallest absolute Gasteiger partial charge is 0.322 e. The average molecular weight is 202 g/mol. The van der Waals surface area contributed by atoms with Gasteiger partial charge in [0.2, 0.25) is 5.91 Å². The molecule has 0 radical (unpaired) electrons. The molecular weight excluding hydrogens is 184 g/mol. The van der Waals surface area contributed by atoms with Gasteiger partial charge in [-0.3, -0.25) is 9.59 Å². The summed E-state index contributed by atoms with van der Waals surface area (Å²) < 4.78 is 4.79. The summed E-state index contributed by atoms with van der Waals surface area (Å²) in [6.07, 6.45) is 0.212. The molecule has 0 aliphatic heterocycles. The van der Waals surface area contributed by atoms with Gasteiger partial charge in [-0.15, -0.1) is 0 Å². The van der Waals surface area contributed by atoms with Gasteiger partial charge in [-0.2, -0.15) is 0 Å². The molecule has 5 nitrogen and oxygen atoms in total. The Morgan fingerprint density at radius 3 is 2.43 bits per heavy atom. The summed E-state index contributed by atoms with van der Waals surface area (Å²) in [4.78, 5) is 21.7. The maximum atomic E-state index is 11.2. The molecule has 0 saturated carbocycles. The van der Waals surface area contributed by atoms with E-state index >= 15 is 0 Å². The number of primary amides is 1. The van der Waals surface area contributed by atoms with Crippen molar-refractivity contribution in [1.82, 2.24) is 5.32 Å². The molecule has 3 N–H and O–H groups in total. The fraction of sp³-hybridized carbons (Fsp3) is 0.778. The first-order valence-corrected chi connectivity index (χ1v) is 4.68. The lowest BCUT2D eigenvalue weighted by atomic mass is 10.2. The lowest BCUT2D eigenvalue weighted by Gasteiger charge is -2.17. The second-order valence-corrected chi connectivity index (χ2v) is 3.21. The van der Waals surface area contributed by atoms with Crippen LogP contribution in [-0.2, 0) is 14.3 Å². The van der Waals surface area contributed by atoms with Gasteiger partial charge in [0.05, 0.1) is 6.61 Å². The fourth-order valence-electron chi connectivity index (χ4n) is 1.12. The summed E-state index contributed by atoms with van der Waals surface area (Å²) in [6, 6.07) is -0.531. The van der Waals surface area contributed by atoms with E-state index in [1.807, 2.05) is 0 Å². The van der Waals surface area contributed by atoms with E-state index in [4.69, 9.17) is 10.5 Å². The minimum absolute atomic E-state index is 0.119. The highest BCUT2D eigenvalue weighted by Gasteiger charge is 2.16. The Labute approximate surface area is 84.0 Å². The van der Waals surface area contributed by atoms with E-state index in [1.54, 1.807) is 20.8 Å². The van der Waals surface area contributed by atoms with Crippen molar-refractivity contribution in [3.63, 3.8) is 0 Å². The molecule has 0 aromatic carbocycles. The van der Waals surface area contributed by atoms with Crippen LogP contribution in [0.3, 0.4) is 0 Å². The van der Waals surface area contributed by atoms with Gasteiger partial charge in [0.1, 0.15) is 6.04 Å².